The first-order valence-electron chi connectivity index (χ1n) is 8.73. The average molecular weight is 470 g/mol. The molecule has 0 atom stereocenters. The molecule has 0 unspecified atom stereocenters. The highest BCUT2D eigenvalue weighted by molar-refractivity contribution is 9.10. The summed E-state index contributed by atoms with van der Waals surface area (Å²) in [5.41, 5.74) is 0. The first-order chi connectivity index (χ1) is 13.4. The lowest BCUT2D eigenvalue weighted by molar-refractivity contribution is -0.132. The van der Waals surface area contributed by atoms with Crippen molar-refractivity contribution in [1.29, 1.82) is 0 Å². The molecule has 2 aromatic rings. The lowest BCUT2D eigenvalue weighted by Crippen LogP contribution is -2.50. The van der Waals surface area contributed by atoms with Gasteiger partial charge in [-0.15, -0.1) is 0 Å². The minimum Gasteiger partial charge on any atom is -0.459 e. The zero-order valence-corrected chi connectivity index (χ0v) is 17.4. The second-order valence-corrected chi connectivity index (χ2v) is 9.08. The van der Waals surface area contributed by atoms with Crippen LogP contribution in [0.25, 0.3) is 0 Å². The molecule has 10 heteroatoms. The molecule has 1 N–H and O–H groups in total. The third-order valence-corrected chi connectivity index (χ3v) is 6.78. The van der Waals surface area contributed by atoms with Crippen molar-refractivity contribution in [3.05, 3.63) is 52.9 Å². The molecule has 1 aromatic heterocycles. The van der Waals surface area contributed by atoms with Gasteiger partial charge in [0.2, 0.25) is 15.9 Å². The monoisotopic (exact) mass is 469 g/mol. The summed E-state index contributed by atoms with van der Waals surface area (Å²) in [6.45, 7) is 1.30. The number of nitrogens with zero attached hydrogens (tertiary/aromatic N) is 2. The molecule has 150 valence electrons. The van der Waals surface area contributed by atoms with E-state index in [2.05, 4.69) is 21.2 Å². The Labute approximate surface area is 171 Å². The molecule has 3 rings (SSSR count). The van der Waals surface area contributed by atoms with Crippen LogP contribution in [0.15, 0.2) is 56.4 Å². The average Bonchev–Trinajstić information content (AvgIpc) is 3.23. The molecule has 1 fully saturated rings. The van der Waals surface area contributed by atoms with Crippen LogP contribution in [0, 0.1) is 0 Å². The van der Waals surface area contributed by atoms with Gasteiger partial charge in [0.15, 0.2) is 5.76 Å². The third kappa shape index (κ3) is 4.81. The fourth-order valence-electron chi connectivity index (χ4n) is 2.89. The minimum absolute atomic E-state index is 0.126. The molecule has 0 bridgehead atoms. The zero-order chi connectivity index (χ0) is 20.1. The lowest BCUT2D eigenvalue weighted by atomic mass is 10.3. The van der Waals surface area contributed by atoms with Gasteiger partial charge >= 0.3 is 0 Å². The van der Waals surface area contributed by atoms with Crippen molar-refractivity contribution in [1.82, 2.24) is 14.5 Å². The predicted molar refractivity (Wildman–Crippen MR) is 105 cm³/mol. The fraction of sp³-hybridized carbons (Fsp3) is 0.333. The molecular weight excluding hydrogens is 450 g/mol. The third-order valence-electron chi connectivity index (χ3n) is 4.39. The normalized spacial score (nSPS) is 15.4. The summed E-state index contributed by atoms with van der Waals surface area (Å²) in [5, 5.41) is 2.62. The highest BCUT2D eigenvalue weighted by atomic mass is 79.9. The van der Waals surface area contributed by atoms with Crippen LogP contribution < -0.4 is 5.32 Å². The first-order valence-corrected chi connectivity index (χ1v) is 11.0. The quantitative estimate of drug-likeness (QED) is 0.693. The van der Waals surface area contributed by atoms with Crippen molar-refractivity contribution in [2.24, 2.45) is 0 Å². The number of amides is 2. The van der Waals surface area contributed by atoms with Crippen LogP contribution in [0.1, 0.15) is 17.0 Å². The minimum atomic E-state index is -3.59. The standard InChI is InChI=1S/C18H20BrN3O5S/c19-14-3-1-4-15(13-14)28(25,26)22-10-8-21(9-11-22)17(23)6-7-20-18(24)16-5-2-12-27-16/h1-5,12-13H,6-11H2,(H,20,24). The molecule has 1 aromatic carbocycles. The molecule has 1 aliphatic rings. The number of carbonyl (C=O) groups is 2. The molecule has 28 heavy (non-hydrogen) atoms. The van der Waals surface area contributed by atoms with Crippen LogP contribution in [0.3, 0.4) is 0 Å². The number of furan rings is 1. The maximum atomic E-state index is 12.7. The number of rotatable bonds is 6. The predicted octanol–water partition coefficient (Wildman–Crippen LogP) is 1.70. The van der Waals surface area contributed by atoms with Crippen LogP contribution in [0.2, 0.25) is 0 Å². The summed E-state index contributed by atoms with van der Waals surface area (Å²) in [7, 11) is -3.59. The van der Waals surface area contributed by atoms with Crippen molar-refractivity contribution in [2.45, 2.75) is 11.3 Å². The van der Waals surface area contributed by atoms with E-state index in [1.54, 1.807) is 41.3 Å². The Morgan fingerprint density at radius 3 is 2.50 bits per heavy atom. The molecule has 0 radical (unpaired) electrons. The van der Waals surface area contributed by atoms with E-state index in [0.29, 0.717) is 17.6 Å². The molecule has 2 amide bonds. The molecule has 0 spiro atoms. The van der Waals surface area contributed by atoms with E-state index in [0.717, 1.165) is 0 Å². The Hall–Kier alpha value is -2.17. The lowest BCUT2D eigenvalue weighted by Gasteiger charge is -2.34. The van der Waals surface area contributed by atoms with Gasteiger partial charge in [0, 0.05) is 43.6 Å². The Balaban J connectivity index is 1.48. The molecule has 2 heterocycles. The van der Waals surface area contributed by atoms with Crippen LogP contribution in [0.4, 0.5) is 0 Å². The Morgan fingerprint density at radius 2 is 1.86 bits per heavy atom. The van der Waals surface area contributed by atoms with Gasteiger partial charge in [-0.3, -0.25) is 9.59 Å². The Kier molecular flexibility index (Phi) is 6.53. The van der Waals surface area contributed by atoms with Gasteiger partial charge in [0.25, 0.3) is 5.91 Å². The second kappa shape index (κ2) is 8.89. The van der Waals surface area contributed by atoms with Gasteiger partial charge in [-0.1, -0.05) is 22.0 Å². The smallest absolute Gasteiger partial charge is 0.286 e. The van der Waals surface area contributed by atoms with Gasteiger partial charge < -0.3 is 14.6 Å². The Morgan fingerprint density at radius 1 is 1.11 bits per heavy atom. The van der Waals surface area contributed by atoms with Crippen LogP contribution in [0.5, 0.6) is 0 Å². The summed E-state index contributed by atoms with van der Waals surface area (Å²) in [6, 6.07) is 9.71. The van der Waals surface area contributed by atoms with E-state index in [-0.39, 0.29) is 48.5 Å². The van der Waals surface area contributed by atoms with Gasteiger partial charge in [-0.05, 0) is 30.3 Å². The topological polar surface area (TPSA) is 99.9 Å². The molecule has 0 aliphatic carbocycles. The van der Waals surface area contributed by atoms with Crippen LogP contribution in [-0.4, -0.2) is 62.2 Å². The summed E-state index contributed by atoms with van der Waals surface area (Å²) >= 11 is 3.28. The molecular formula is C18H20BrN3O5S. The van der Waals surface area contributed by atoms with E-state index in [1.165, 1.54) is 10.6 Å². The van der Waals surface area contributed by atoms with E-state index in [9.17, 15) is 18.0 Å². The highest BCUT2D eigenvalue weighted by Crippen LogP contribution is 2.21. The fourth-order valence-corrected chi connectivity index (χ4v) is 4.91. The molecule has 0 saturated carbocycles. The number of hydrogen-bond donors (Lipinski definition) is 1. The number of nitrogens with one attached hydrogen (secondary N) is 1. The maximum absolute atomic E-state index is 12.7. The van der Waals surface area contributed by atoms with Gasteiger partial charge in [-0.2, -0.15) is 4.31 Å². The zero-order valence-electron chi connectivity index (χ0n) is 15.0. The summed E-state index contributed by atoms with van der Waals surface area (Å²) in [5.74, 6) is -0.305. The van der Waals surface area contributed by atoms with Crippen molar-refractivity contribution in [3.63, 3.8) is 0 Å². The van der Waals surface area contributed by atoms with Gasteiger partial charge in [0.05, 0.1) is 11.2 Å². The number of sulfonamides is 1. The summed E-state index contributed by atoms with van der Waals surface area (Å²) in [6.07, 6.45) is 1.55. The number of benzene rings is 1. The van der Waals surface area contributed by atoms with Crippen molar-refractivity contribution in [3.8, 4) is 0 Å². The van der Waals surface area contributed by atoms with E-state index in [4.69, 9.17) is 4.42 Å². The van der Waals surface area contributed by atoms with E-state index in [1.807, 2.05) is 0 Å². The second-order valence-electron chi connectivity index (χ2n) is 6.23. The van der Waals surface area contributed by atoms with Gasteiger partial charge in [-0.25, -0.2) is 8.42 Å². The highest BCUT2D eigenvalue weighted by Gasteiger charge is 2.30. The molecule has 1 saturated heterocycles. The van der Waals surface area contributed by atoms with Gasteiger partial charge in [0.1, 0.15) is 0 Å². The first kappa shape index (κ1) is 20.6. The van der Waals surface area contributed by atoms with Crippen molar-refractivity contribution < 1.29 is 22.4 Å². The van der Waals surface area contributed by atoms with Crippen molar-refractivity contribution in [2.75, 3.05) is 32.7 Å². The van der Waals surface area contributed by atoms with Crippen molar-refractivity contribution >= 4 is 37.8 Å². The Bertz CT molecular complexity index is 938. The number of piperazine rings is 1. The SMILES string of the molecule is O=C(NCCC(=O)N1CCN(S(=O)(=O)c2cccc(Br)c2)CC1)c1ccco1. The summed E-state index contributed by atoms with van der Waals surface area (Å²) < 4.78 is 32.5. The largest absolute Gasteiger partial charge is 0.459 e. The number of hydrogen-bond acceptors (Lipinski definition) is 5. The van der Waals surface area contributed by atoms with E-state index >= 15 is 0 Å². The maximum Gasteiger partial charge on any atom is 0.286 e. The number of carbonyl (C=O) groups excluding carboxylic acids is 2. The van der Waals surface area contributed by atoms with E-state index < -0.39 is 10.0 Å². The summed E-state index contributed by atoms with van der Waals surface area (Å²) in [4.78, 5) is 25.9. The number of halogens is 1. The molecule has 1 aliphatic heterocycles. The van der Waals surface area contributed by atoms with Crippen LogP contribution in [-0.2, 0) is 14.8 Å². The van der Waals surface area contributed by atoms with Crippen LogP contribution >= 0.6 is 15.9 Å². The molecule has 8 nitrogen and oxygen atoms in total.